The van der Waals surface area contributed by atoms with Crippen LogP contribution in [0.2, 0.25) is 0 Å². The zero-order valence-corrected chi connectivity index (χ0v) is 25.9. The molecule has 0 bridgehead atoms. The maximum atomic E-state index is 9.22. The summed E-state index contributed by atoms with van der Waals surface area (Å²) in [4.78, 5) is 0. The van der Waals surface area contributed by atoms with Crippen LogP contribution in [0.25, 0.3) is 0 Å². The third-order valence-electron chi connectivity index (χ3n) is 8.62. The Morgan fingerprint density at radius 2 is 1.15 bits per heavy atom. The van der Waals surface area contributed by atoms with Crippen molar-refractivity contribution >= 4 is 25.2 Å². The fourth-order valence-corrected chi connectivity index (χ4v) is 4.49. The van der Waals surface area contributed by atoms with Crippen LogP contribution < -0.4 is 15.7 Å². The molecule has 2 aromatic rings. The molecule has 5 rings (SSSR count). The highest BCUT2D eigenvalue weighted by molar-refractivity contribution is 6.62. The van der Waals surface area contributed by atoms with Gasteiger partial charge in [0.1, 0.15) is 18.1 Å². The molecule has 3 aliphatic rings. The van der Waals surface area contributed by atoms with E-state index in [4.69, 9.17) is 32.8 Å². The topological polar surface area (TPSA) is 84.8 Å². The molecule has 0 amide bonds. The van der Waals surface area contributed by atoms with Gasteiger partial charge < -0.3 is 37.9 Å². The molecule has 3 aliphatic heterocycles. The summed E-state index contributed by atoms with van der Waals surface area (Å²) in [6, 6.07) is 14.8. The van der Waals surface area contributed by atoms with Crippen LogP contribution in [0.5, 0.6) is 11.5 Å². The second kappa shape index (κ2) is 12.7. The average molecular weight is 568 g/mol. The summed E-state index contributed by atoms with van der Waals surface area (Å²) in [5, 5.41) is 9.22. The number of rotatable bonds is 7. The van der Waals surface area contributed by atoms with Crippen LogP contribution in [0.3, 0.4) is 0 Å². The first kappa shape index (κ1) is 31.9. The van der Waals surface area contributed by atoms with Gasteiger partial charge in [-0.05, 0) is 110 Å². The predicted molar refractivity (Wildman–Crippen MR) is 161 cm³/mol. The van der Waals surface area contributed by atoms with Crippen molar-refractivity contribution in [2.45, 2.75) is 103 Å². The molecule has 3 fully saturated rings. The van der Waals surface area contributed by atoms with E-state index in [1.807, 2.05) is 64.1 Å². The third-order valence-corrected chi connectivity index (χ3v) is 8.62. The minimum atomic E-state index is -0.356. The number of ether oxygens (including phenoxy) is 3. The molecule has 0 aromatic heterocycles. The lowest BCUT2D eigenvalue weighted by molar-refractivity contribution is -0.165. The number of hydrogen-bond donors (Lipinski definition) is 1. The van der Waals surface area contributed by atoms with Gasteiger partial charge in [-0.2, -0.15) is 0 Å². The fourth-order valence-electron chi connectivity index (χ4n) is 4.49. The molecule has 0 radical (unpaired) electrons. The van der Waals surface area contributed by atoms with Crippen molar-refractivity contribution in [2.24, 2.45) is 0 Å². The van der Waals surface area contributed by atoms with Crippen LogP contribution in [0.15, 0.2) is 48.5 Å². The summed E-state index contributed by atoms with van der Waals surface area (Å²) in [6.07, 6.45) is 3.21. The number of hydrogen-bond acceptors (Lipinski definition) is 8. The van der Waals surface area contributed by atoms with Gasteiger partial charge in [0.15, 0.2) is 6.29 Å². The molecule has 10 heteroatoms. The molecule has 0 spiro atoms. The second-order valence-corrected chi connectivity index (χ2v) is 12.9. The smallest absolute Gasteiger partial charge is 0.494 e. The van der Waals surface area contributed by atoms with Crippen molar-refractivity contribution < 1.29 is 37.9 Å². The van der Waals surface area contributed by atoms with Crippen LogP contribution in [-0.2, 0) is 28.1 Å². The van der Waals surface area contributed by atoms with Gasteiger partial charge in [0, 0.05) is 6.61 Å². The Balaban J connectivity index is 0.000000208. The van der Waals surface area contributed by atoms with E-state index in [1.54, 1.807) is 12.1 Å². The highest BCUT2D eigenvalue weighted by Crippen LogP contribution is 2.37. The monoisotopic (exact) mass is 568 g/mol. The molecule has 41 heavy (non-hydrogen) atoms. The minimum absolute atomic E-state index is 0.0666. The van der Waals surface area contributed by atoms with Crippen molar-refractivity contribution in [3.63, 3.8) is 0 Å². The molecule has 8 nitrogen and oxygen atoms in total. The molecular formula is C31H46B2O8. The van der Waals surface area contributed by atoms with Gasteiger partial charge in [0.25, 0.3) is 0 Å². The van der Waals surface area contributed by atoms with E-state index in [2.05, 4.69) is 27.7 Å². The molecule has 3 saturated heterocycles. The highest BCUT2D eigenvalue weighted by atomic mass is 16.7. The van der Waals surface area contributed by atoms with Crippen molar-refractivity contribution in [1.82, 2.24) is 0 Å². The molecule has 1 atom stereocenters. The Morgan fingerprint density at radius 3 is 1.59 bits per heavy atom. The fraction of sp³-hybridized carbons (Fsp3) is 0.613. The summed E-state index contributed by atoms with van der Waals surface area (Å²) < 4.78 is 40.8. The summed E-state index contributed by atoms with van der Waals surface area (Å²) >= 11 is 0. The Morgan fingerprint density at radius 1 is 0.683 bits per heavy atom. The third kappa shape index (κ3) is 7.86. The van der Waals surface area contributed by atoms with Gasteiger partial charge in [-0.15, -0.1) is 0 Å². The van der Waals surface area contributed by atoms with Gasteiger partial charge in [-0.25, -0.2) is 0 Å². The number of phenolic OH excluding ortho intramolecular Hbond substituents is 1. The molecule has 224 valence electrons. The first-order valence-corrected chi connectivity index (χ1v) is 14.7. The number of aromatic hydroxyl groups is 1. The summed E-state index contributed by atoms with van der Waals surface area (Å²) in [5.41, 5.74) is 0.622. The quantitative estimate of drug-likeness (QED) is 0.384. The van der Waals surface area contributed by atoms with Crippen LogP contribution in [0.4, 0.5) is 0 Å². The SMILES string of the molecule is CC1(C)OB(c2ccc(O)cc2)OC1(C)C.CC1(C)OB(c2ccc(OCCOC3CCCCO3)cc2)OC1(C)C. The largest absolute Gasteiger partial charge is 0.508 e. The van der Waals surface area contributed by atoms with E-state index in [1.165, 1.54) is 6.42 Å². The molecular weight excluding hydrogens is 522 g/mol. The minimum Gasteiger partial charge on any atom is -0.508 e. The summed E-state index contributed by atoms with van der Waals surface area (Å²) in [7, 11) is -0.698. The van der Waals surface area contributed by atoms with Gasteiger partial charge in [0.2, 0.25) is 0 Å². The number of phenols is 1. The van der Waals surface area contributed by atoms with Gasteiger partial charge in [0.05, 0.1) is 29.0 Å². The van der Waals surface area contributed by atoms with Crippen LogP contribution in [0, 0.1) is 0 Å². The predicted octanol–water partition coefficient (Wildman–Crippen LogP) is 4.60. The Bertz CT molecular complexity index is 1080. The maximum absolute atomic E-state index is 9.22. The Kier molecular flexibility index (Phi) is 9.83. The standard InChI is InChI=1S/C19H29BO5.C12H17BO3/c1-18(2)19(3,4)25-20(24-18)15-8-10-16(11-9-15)21-13-14-23-17-7-5-6-12-22-17;1-11(2)12(3,4)16-13(15-11)9-5-7-10(14)8-6-9/h8-11,17H,5-7,12-14H2,1-4H3;5-8,14H,1-4H3. The first-order valence-electron chi connectivity index (χ1n) is 14.7. The summed E-state index contributed by atoms with van der Waals surface area (Å²) in [5.74, 6) is 1.06. The molecule has 2 aromatic carbocycles. The second-order valence-electron chi connectivity index (χ2n) is 12.9. The van der Waals surface area contributed by atoms with E-state index in [-0.39, 0.29) is 48.7 Å². The van der Waals surface area contributed by atoms with E-state index in [0.717, 1.165) is 36.1 Å². The molecule has 3 heterocycles. The van der Waals surface area contributed by atoms with Crippen molar-refractivity contribution in [2.75, 3.05) is 19.8 Å². The lowest BCUT2D eigenvalue weighted by Crippen LogP contribution is -2.41. The maximum Gasteiger partial charge on any atom is 0.494 e. The normalized spacial score (nSPS) is 24.0. The summed E-state index contributed by atoms with van der Waals surface area (Å²) in [6.45, 7) is 18.1. The van der Waals surface area contributed by atoms with Crippen molar-refractivity contribution in [1.29, 1.82) is 0 Å². The zero-order valence-electron chi connectivity index (χ0n) is 25.9. The van der Waals surface area contributed by atoms with Crippen LogP contribution in [-0.4, -0.2) is 67.9 Å². The van der Waals surface area contributed by atoms with E-state index >= 15 is 0 Å². The molecule has 0 saturated carbocycles. The van der Waals surface area contributed by atoms with Crippen molar-refractivity contribution in [3.8, 4) is 11.5 Å². The lowest BCUT2D eigenvalue weighted by Gasteiger charge is -2.32. The van der Waals surface area contributed by atoms with Crippen LogP contribution in [0.1, 0.15) is 74.7 Å². The molecule has 0 aliphatic carbocycles. The van der Waals surface area contributed by atoms with Gasteiger partial charge in [-0.3, -0.25) is 0 Å². The Hall–Kier alpha value is -2.07. The van der Waals surface area contributed by atoms with Gasteiger partial charge >= 0.3 is 14.2 Å². The highest BCUT2D eigenvalue weighted by Gasteiger charge is 2.52. The van der Waals surface area contributed by atoms with E-state index in [0.29, 0.717) is 13.2 Å². The Labute approximate surface area is 246 Å². The molecule has 1 N–H and O–H groups in total. The lowest BCUT2D eigenvalue weighted by atomic mass is 9.79. The first-order chi connectivity index (χ1) is 19.2. The van der Waals surface area contributed by atoms with Crippen LogP contribution >= 0.6 is 0 Å². The average Bonchev–Trinajstić information content (AvgIpc) is 3.27. The van der Waals surface area contributed by atoms with Crippen molar-refractivity contribution in [3.05, 3.63) is 48.5 Å². The van der Waals surface area contributed by atoms with E-state index in [9.17, 15) is 5.11 Å². The molecule has 1 unspecified atom stereocenters. The number of benzene rings is 2. The van der Waals surface area contributed by atoms with Gasteiger partial charge in [-0.1, -0.05) is 24.3 Å². The zero-order chi connectivity index (χ0) is 29.9. The van der Waals surface area contributed by atoms with E-state index < -0.39 is 0 Å².